The molecular weight excluding hydrogens is 285 g/mol. The van der Waals surface area contributed by atoms with Gasteiger partial charge in [-0.25, -0.2) is 0 Å². The third kappa shape index (κ3) is 4.62. The zero-order valence-corrected chi connectivity index (χ0v) is 13.0. The van der Waals surface area contributed by atoms with Crippen molar-refractivity contribution in [3.05, 3.63) is 70.8 Å². The summed E-state index contributed by atoms with van der Waals surface area (Å²) >= 11 is 0. The lowest BCUT2D eigenvalue weighted by Crippen LogP contribution is -2.08. The van der Waals surface area contributed by atoms with Gasteiger partial charge in [0.1, 0.15) is 0 Å². The van der Waals surface area contributed by atoms with Gasteiger partial charge >= 0.3 is 6.18 Å². The Morgan fingerprint density at radius 2 is 1.45 bits per heavy atom. The van der Waals surface area contributed by atoms with Crippen LogP contribution >= 0.6 is 0 Å². The van der Waals surface area contributed by atoms with Gasteiger partial charge in [0, 0.05) is 0 Å². The van der Waals surface area contributed by atoms with E-state index in [1.807, 2.05) is 0 Å². The van der Waals surface area contributed by atoms with Gasteiger partial charge in [0.05, 0.1) is 5.56 Å². The van der Waals surface area contributed by atoms with Crippen molar-refractivity contribution in [1.29, 1.82) is 0 Å². The molecular formula is C19H21F3. The largest absolute Gasteiger partial charge is 0.416 e. The second-order valence-electron chi connectivity index (χ2n) is 5.88. The molecule has 0 nitrogen and oxygen atoms in total. The highest BCUT2D eigenvalue weighted by molar-refractivity contribution is 5.27. The number of rotatable bonds is 5. The van der Waals surface area contributed by atoms with Crippen LogP contribution in [0.5, 0.6) is 0 Å². The van der Waals surface area contributed by atoms with Crippen LogP contribution in [0, 0.1) is 5.92 Å². The van der Waals surface area contributed by atoms with E-state index in [4.69, 9.17) is 0 Å². The highest BCUT2D eigenvalue weighted by atomic mass is 19.4. The monoisotopic (exact) mass is 306 g/mol. The summed E-state index contributed by atoms with van der Waals surface area (Å²) in [7, 11) is 0. The molecule has 0 fully saturated rings. The molecule has 2 rings (SSSR count). The molecule has 0 N–H and O–H groups in total. The summed E-state index contributed by atoms with van der Waals surface area (Å²) in [4.78, 5) is 0. The fraction of sp³-hybridized carbons (Fsp3) is 0.368. The first-order valence-corrected chi connectivity index (χ1v) is 7.62. The number of hydrogen-bond acceptors (Lipinski definition) is 0. The molecule has 0 radical (unpaired) electrons. The lowest BCUT2D eigenvalue weighted by atomic mass is 9.93. The smallest absolute Gasteiger partial charge is 0.166 e. The van der Waals surface area contributed by atoms with E-state index in [0.717, 1.165) is 24.5 Å². The number of hydrogen-bond donors (Lipinski definition) is 0. The molecule has 1 unspecified atom stereocenters. The molecule has 0 aliphatic heterocycles. The van der Waals surface area contributed by atoms with Crippen LogP contribution in [0.15, 0.2) is 48.5 Å². The predicted octanol–water partition coefficient (Wildman–Crippen LogP) is 5.69. The maximum absolute atomic E-state index is 12.7. The molecule has 0 aromatic heterocycles. The van der Waals surface area contributed by atoms with E-state index in [2.05, 4.69) is 38.1 Å². The zero-order valence-electron chi connectivity index (χ0n) is 13.0. The average Bonchev–Trinajstić information content (AvgIpc) is 2.47. The van der Waals surface area contributed by atoms with Crippen LogP contribution in [-0.2, 0) is 25.4 Å². The molecule has 3 heteroatoms. The van der Waals surface area contributed by atoms with Crippen molar-refractivity contribution in [3.8, 4) is 0 Å². The van der Waals surface area contributed by atoms with Gasteiger partial charge in [-0.15, -0.1) is 0 Å². The fourth-order valence-electron chi connectivity index (χ4n) is 2.66. The number of halogens is 3. The van der Waals surface area contributed by atoms with Crippen LogP contribution < -0.4 is 0 Å². The minimum absolute atomic E-state index is 0.302. The Kier molecular flexibility index (Phi) is 5.28. The Bertz CT molecular complexity index is 597. The van der Waals surface area contributed by atoms with Crippen molar-refractivity contribution in [2.75, 3.05) is 0 Å². The summed E-state index contributed by atoms with van der Waals surface area (Å²) in [5.74, 6) is 0.302. The first-order chi connectivity index (χ1) is 10.4. The summed E-state index contributed by atoms with van der Waals surface area (Å²) < 4.78 is 38.2. The van der Waals surface area contributed by atoms with Crippen LogP contribution in [0.3, 0.4) is 0 Å². The standard InChI is InChI=1S/C19H21F3/c1-3-15-7-9-16(10-8-15)11-14(2)12-17-5-4-6-18(13-17)19(20,21)22/h4-10,13-14H,3,11-12H2,1-2H3. The van der Waals surface area contributed by atoms with E-state index in [0.29, 0.717) is 12.3 Å². The van der Waals surface area contributed by atoms with E-state index >= 15 is 0 Å². The molecule has 0 heterocycles. The Morgan fingerprint density at radius 1 is 0.864 bits per heavy atom. The highest BCUT2D eigenvalue weighted by Crippen LogP contribution is 2.30. The Morgan fingerprint density at radius 3 is 2.05 bits per heavy atom. The molecule has 1 atom stereocenters. The van der Waals surface area contributed by atoms with Crippen molar-refractivity contribution in [2.45, 2.75) is 39.3 Å². The van der Waals surface area contributed by atoms with Crippen LogP contribution in [0.1, 0.15) is 36.1 Å². The number of aryl methyl sites for hydroxylation is 1. The van der Waals surface area contributed by atoms with E-state index in [1.165, 1.54) is 23.3 Å². The molecule has 0 saturated heterocycles. The average molecular weight is 306 g/mol. The van der Waals surface area contributed by atoms with Gasteiger partial charge < -0.3 is 0 Å². The number of alkyl halides is 3. The molecule has 22 heavy (non-hydrogen) atoms. The van der Waals surface area contributed by atoms with Crippen LogP contribution in [-0.4, -0.2) is 0 Å². The zero-order chi connectivity index (χ0) is 16.2. The second-order valence-corrected chi connectivity index (χ2v) is 5.88. The minimum atomic E-state index is -4.27. The van der Waals surface area contributed by atoms with E-state index in [1.54, 1.807) is 6.07 Å². The van der Waals surface area contributed by atoms with Crippen molar-refractivity contribution >= 4 is 0 Å². The van der Waals surface area contributed by atoms with E-state index in [9.17, 15) is 13.2 Å². The Labute approximate surface area is 130 Å². The van der Waals surface area contributed by atoms with Gasteiger partial charge in [0.2, 0.25) is 0 Å². The van der Waals surface area contributed by atoms with Crippen molar-refractivity contribution in [2.24, 2.45) is 5.92 Å². The first-order valence-electron chi connectivity index (χ1n) is 7.62. The summed E-state index contributed by atoms with van der Waals surface area (Å²) in [5.41, 5.74) is 2.71. The van der Waals surface area contributed by atoms with Gasteiger partial charge in [-0.3, -0.25) is 0 Å². The second kappa shape index (κ2) is 6.99. The molecule has 0 spiro atoms. The lowest BCUT2D eigenvalue weighted by Gasteiger charge is -2.14. The topological polar surface area (TPSA) is 0 Å². The highest BCUT2D eigenvalue weighted by Gasteiger charge is 2.30. The normalized spacial score (nSPS) is 13.1. The summed E-state index contributed by atoms with van der Waals surface area (Å²) in [6.07, 6.45) is -1.73. The Balaban J connectivity index is 2.00. The molecule has 0 aliphatic rings. The molecule has 2 aromatic rings. The SMILES string of the molecule is CCc1ccc(CC(C)Cc2cccc(C(F)(F)F)c2)cc1. The van der Waals surface area contributed by atoms with Crippen molar-refractivity contribution < 1.29 is 13.2 Å². The molecule has 2 aromatic carbocycles. The quantitative estimate of drug-likeness (QED) is 0.665. The lowest BCUT2D eigenvalue weighted by molar-refractivity contribution is -0.137. The summed E-state index contributed by atoms with van der Waals surface area (Å²) in [6.45, 7) is 4.19. The van der Waals surface area contributed by atoms with Gasteiger partial charge in [0.15, 0.2) is 0 Å². The predicted molar refractivity (Wildman–Crippen MR) is 83.8 cm³/mol. The van der Waals surface area contributed by atoms with Gasteiger partial charge in [-0.2, -0.15) is 13.2 Å². The van der Waals surface area contributed by atoms with E-state index < -0.39 is 11.7 Å². The molecule has 0 amide bonds. The summed E-state index contributed by atoms with van der Waals surface area (Å²) in [5, 5.41) is 0. The van der Waals surface area contributed by atoms with Crippen LogP contribution in [0.2, 0.25) is 0 Å². The maximum Gasteiger partial charge on any atom is 0.416 e. The first kappa shape index (κ1) is 16.6. The molecule has 118 valence electrons. The van der Waals surface area contributed by atoms with E-state index in [-0.39, 0.29) is 0 Å². The van der Waals surface area contributed by atoms with Gasteiger partial charge in [0.25, 0.3) is 0 Å². The summed E-state index contributed by atoms with van der Waals surface area (Å²) in [6, 6.07) is 14.1. The Hall–Kier alpha value is -1.77. The third-order valence-electron chi connectivity index (χ3n) is 3.85. The van der Waals surface area contributed by atoms with Gasteiger partial charge in [-0.1, -0.05) is 56.3 Å². The van der Waals surface area contributed by atoms with Crippen molar-refractivity contribution in [1.82, 2.24) is 0 Å². The fourth-order valence-corrected chi connectivity index (χ4v) is 2.66. The van der Waals surface area contributed by atoms with Crippen molar-refractivity contribution in [3.63, 3.8) is 0 Å². The van der Waals surface area contributed by atoms with Crippen LogP contribution in [0.4, 0.5) is 13.2 Å². The minimum Gasteiger partial charge on any atom is -0.166 e. The van der Waals surface area contributed by atoms with Gasteiger partial charge in [-0.05, 0) is 47.9 Å². The maximum atomic E-state index is 12.7. The van der Waals surface area contributed by atoms with Crippen LogP contribution in [0.25, 0.3) is 0 Å². The third-order valence-corrected chi connectivity index (χ3v) is 3.85. The number of benzene rings is 2. The molecule has 0 aliphatic carbocycles. The molecule has 0 bridgehead atoms. The molecule has 0 saturated carbocycles.